The zero-order valence-corrected chi connectivity index (χ0v) is 10.1. The summed E-state index contributed by atoms with van der Waals surface area (Å²) in [7, 11) is -2.81. The third-order valence-corrected chi connectivity index (χ3v) is 3.93. The molecule has 0 saturated heterocycles. The second-order valence-corrected chi connectivity index (χ2v) is 7.04. The molecular formula is C10H22O2S. The van der Waals surface area contributed by atoms with E-state index in [-0.39, 0.29) is 5.41 Å². The first-order valence-corrected chi connectivity index (χ1v) is 6.79. The lowest BCUT2D eigenvalue weighted by Gasteiger charge is -2.17. The Hall–Kier alpha value is -0.0500. The van der Waals surface area contributed by atoms with Crippen LogP contribution in [0.15, 0.2) is 0 Å². The van der Waals surface area contributed by atoms with Crippen molar-refractivity contribution in [3.8, 4) is 0 Å². The third-order valence-electron chi connectivity index (χ3n) is 1.71. The van der Waals surface area contributed by atoms with E-state index in [2.05, 4.69) is 6.92 Å². The molecule has 0 N–H and O–H groups in total. The first kappa shape index (κ1) is 12.9. The van der Waals surface area contributed by atoms with Gasteiger partial charge in [-0.1, -0.05) is 40.5 Å². The van der Waals surface area contributed by atoms with Crippen molar-refractivity contribution >= 4 is 9.84 Å². The van der Waals surface area contributed by atoms with Gasteiger partial charge in [-0.2, -0.15) is 0 Å². The largest absolute Gasteiger partial charge is 0.229 e. The molecule has 0 aliphatic rings. The Bertz CT molecular complexity index is 222. The second kappa shape index (κ2) is 4.99. The van der Waals surface area contributed by atoms with Gasteiger partial charge in [0.25, 0.3) is 0 Å². The SMILES string of the molecule is CCCCCS(=O)(=O)CC(C)(C)C. The highest BCUT2D eigenvalue weighted by atomic mass is 32.2. The van der Waals surface area contributed by atoms with E-state index >= 15 is 0 Å². The van der Waals surface area contributed by atoms with E-state index in [9.17, 15) is 8.42 Å². The van der Waals surface area contributed by atoms with Crippen LogP contribution in [-0.4, -0.2) is 19.9 Å². The smallest absolute Gasteiger partial charge is 0.150 e. The average molecular weight is 206 g/mol. The molecule has 0 unspecified atom stereocenters. The lowest BCUT2D eigenvalue weighted by molar-refractivity contribution is 0.461. The molecular weight excluding hydrogens is 184 g/mol. The molecule has 0 aliphatic carbocycles. The molecule has 0 aliphatic heterocycles. The van der Waals surface area contributed by atoms with Crippen molar-refractivity contribution in [3.63, 3.8) is 0 Å². The number of rotatable bonds is 5. The summed E-state index contributed by atoms with van der Waals surface area (Å²) in [6, 6.07) is 0. The number of hydrogen-bond acceptors (Lipinski definition) is 2. The molecule has 0 radical (unpaired) electrons. The van der Waals surface area contributed by atoms with Crippen molar-refractivity contribution in [2.75, 3.05) is 11.5 Å². The van der Waals surface area contributed by atoms with Gasteiger partial charge in [0.1, 0.15) is 0 Å². The topological polar surface area (TPSA) is 34.1 Å². The van der Waals surface area contributed by atoms with E-state index in [1.165, 1.54) is 0 Å². The summed E-state index contributed by atoms with van der Waals surface area (Å²) in [5, 5.41) is 0. The van der Waals surface area contributed by atoms with E-state index in [0.717, 1.165) is 19.3 Å². The maximum absolute atomic E-state index is 11.5. The van der Waals surface area contributed by atoms with Crippen molar-refractivity contribution in [2.45, 2.75) is 47.0 Å². The van der Waals surface area contributed by atoms with Crippen molar-refractivity contribution in [3.05, 3.63) is 0 Å². The predicted molar refractivity (Wildman–Crippen MR) is 57.6 cm³/mol. The van der Waals surface area contributed by atoms with Gasteiger partial charge in [-0.15, -0.1) is 0 Å². The molecule has 0 rings (SSSR count). The lowest BCUT2D eigenvalue weighted by Crippen LogP contribution is -2.22. The van der Waals surface area contributed by atoms with Crippen LogP contribution >= 0.6 is 0 Å². The van der Waals surface area contributed by atoms with Crippen LogP contribution in [0.25, 0.3) is 0 Å². The average Bonchev–Trinajstić information content (AvgIpc) is 1.81. The minimum atomic E-state index is -2.81. The van der Waals surface area contributed by atoms with Gasteiger partial charge in [0.05, 0.1) is 11.5 Å². The summed E-state index contributed by atoms with van der Waals surface area (Å²) in [6.07, 6.45) is 2.91. The zero-order valence-electron chi connectivity index (χ0n) is 9.26. The Labute approximate surface area is 82.6 Å². The van der Waals surface area contributed by atoms with Crippen LogP contribution in [0.5, 0.6) is 0 Å². The molecule has 3 heteroatoms. The van der Waals surface area contributed by atoms with Crippen LogP contribution in [0.2, 0.25) is 0 Å². The number of hydrogen-bond donors (Lipinski definition) is 0. The molecule has 0 amide bonds. The highest BCUT2D eigenvalue weighted by Gasteiger charge is 2.20. The van der Waals surface area contributed by atoms with E-state index in [1.54, 1.807) is 0 Å². The van der Waals surface area contributed by atoms with E-state index in [1.807, 2.05) is 20.8 Å². The Morgan fingerprint density at radius 3 is 2.00 bits per heavy atom. The van der Waals surface area contributed by atoms with E-state index in [0.29, 0.717) is 11.5 Å². The maximum atomic E-state index is 11.5. The molecule has 0 aromatic rings. The molecule has 2 nitrogen and oxygen atoms in total. The van der Waals surface area contributed by atoms with Gasteiger partial charge >= 0.3 is 0 Å². The van der Waals surface area contributed by atoms with E-state index < -0.39 is 9.84 Å². The quantitative estimate of drug-likeness (QED) is 0.648. The number of sulfone groups is 1. The molecule has 0 spiro atoms. The Kier molecular flexibility index (Phi) is 4.97. The summed E-state index contributed by atoms with van der Waals surface area (Å²) >= 11 is 0. The predicted octanol–water partition coefficient (Wildman–Crippen LogP) is 2.64. The van der Waals surface area contributed by atoms with Crippen molar-refractivity contribution in [2.24, 2.45) is 5.41 Å². The molecule has 0 atom stereocenters. The second-order valence-electron chi connectivity index (χ2n) is 4.86. The van der Waals surface area contributed by atoms with Crippen molar-refractivity contribution in [1.82, 2.24) is 0 Å². The van der Waals surface area contributed by atoms with Gasteiger partial charge in [-0.3, -0.25) is 0 Å². The fraction of sp³-hybridized carbons (Fsp3) is 1.00. The fourth-order valence-electron chi connectivity index (χ4n) is 1.30. The van der Waals surface area contributed by atoms with Crippen LogP contribution in [0, 0.1) is 5.41 Å². The zero-order chi connectivity index (χ0) is 10.5. The summed E-state index contributed by atoms with van der Waals surface area (Å²) in [5.74, 6) is 0.668. The minimum Gasteiger partial charge on any atom is -0.229 e. The fourth-order valence-corrected chi connectivity index (χ4v) is 3.41. The van der Waals surface area contributed by atoms with Crippen molar-refractivity contribution in [1.29, 1.82) is 0 Å². The Balaban J connectivity index is 3.96. The Morgan fingerprint density at radius 2 is 1.62 bits per heavy atom. The van der Waals surface area contributed by atoms with Crippen LogP contribution in [0.1, 0.15) is 47.0 Å². The highest BCUT2D eigenvalue weighted by molar-refractivity contribution is 7.91. The first-order valence-electron chi connectivity index (χ1n) is 4.97. The molecule has 0 bridgehead atoms. The van der Waals surface area contributed by atoms with Gasteiger partial charge in [0.15, 0.2) is 9.84 Å². The van der Waals surface area contributed by atoms with Crippen molar-refractivity contribution < 1.29 is 8.42 Å². The van der Waals surface area contributed by atoms with Gasteiger partial charge < -0.3 is 0 Å². The summed E-state index contributed by atoms with van der Waals surface area (Å²) in [4.78, 5) is 0. The highest BCUT2D eigenvalue weighted by Crippen LogP contribution is 2.17. The van der Waals surface area contributed by atoms with E-state index in [4.69, 9.17) is 0 Å². The molecule has 0 saturated carbocycles. The van der Waals surface area contributed by atoms with Crippen LogP contribution in [0.4, 0.5) is 0 Å². The summed E-state index contributed by atoms with van der Waals surface area (Å²) < 4.78 is 23.0. The molecule has 0 aromatic heterocycles. The van der Waals surface area contributed by atoms with Gasteiger partial charge in [0.2, 0.25) is 0 Å². The minimum absolute atomic E-state index is 0.106. The van der Waals surface area contributed by atoms with Gasteiger partial charge in [-0.25, -0.2) is 8.42 Å². The Morgan fingerprint density at radius 1 is 1.08 bits per heavy atom. The monoisotopic (exact) mass is 206 g/mol. The van der Waals surface area contributed by atoms with Gasteiger partial charge in [0, 0.05) is 0 Å². The lowest BCUT2D eigenvalue weighted by atomic mass is 10.0. The molecule has 13 heavy (non-hydrogen) atoms. The van der Waals surface area contributed by atoms with Gasteiger partial charge in [-0.05, 0) is 11.8 Å². The normalized spacial score (nSPS) is 13.2. The van der Waals surface area contributed by atoms with Crippen LogP contribution < -0.4 is 0 Å². The van der Waals surface area contributed by atoms with Crippen LogP contribution in [-0.2, 0) is 9.84 Å². The molecule has 0 fully saturated rings. The molecule has 0 aromatic carbocycles. The standard InChI is InChI=1S/C10H22O2S/c1-5-6-7-8-13(11,12)9-10(2,3)4/h5-9H2,1-4H3. The third kappa shape index (κ3) is 8.28. The van der Waals surface area contributed by atoms with Crippen LogP contribution in [0.3, 0.4) is 0 Å². The number of unbranched alkanes of at least 4 members (excludes halogenated alkanes) is 2. The maximum Gasteiger partial charge on any atom is 0.150 e. The summed E-state index contributed by atoms with van der Waals surface area (Å²) in [5.41, 5.74) is -0.106. The molecule has 0 heterocycles. The first-order chi connectivity index (χ1) is 5.77. The molecule has 80 valence electrons. The summed E-state index contributed by atoms with van der Waals surface area (Å²) in [6.45, 7) is 7.97.